The van der Waals surface area contributed by atoms with Gasteiger partial charge in [0.1, 0.15) is 6.04 Å². The molecule has 1 unspecified atom stereocenters. The van der Waals surface area contributed by atoms with Crippen LogP contribution in [0.2, 0.25) is 0 Å². The molecule has 2 amide bonds. The number of aromatic nitrogens is 2. The molecule has 0 spiro atoms. The summed E-state index contributed by atoms with van der Waals surface area (Å²) < 4.78 is 1.84. The molecule has 1 aromatic heterocycles. The molecule has 0 aromatic carbocycles. The zero-order valence-corrected chi connectivity index (χ0v) is 11.9. The molecule has 1 heterocycles. The van der Waals surface area contributed by atoms with Gasteiger partial charge in [-0.15, -0.1) is 0 Å². The smallest absolute Gasteiger partial charge is 0.326 e. The summed E-state index contributed by atoms with van der Waals surface area (Å²) in [4.78, 5) is 26.7. The van der Waals surface area contributed by atoms with Crippen LogP contribution >= 0.6 is 0 Å². The first-order valence-electron chi connectivity index (χ1n) is 6.78. The molecule has 1 aromatic rings. The van der Waals surface area contributed by atoms with Gasteiger partial charge in [0, 0.05) is 25.0 Å². The number of amides is 2. The molecule has 7 heteroatoms. The van der Waals surface area contributed by atoms with Crippen LogP contribution in [0.5, 0.6) is 0 Å². The van der Waals surface area contributed by atoms with Gasteiger partial charge < -0.3 is 20.3 Å². The van der Waals surface area contributed by atoms with Gasteiger partial charge in [0.15, 0.2) is 0 Å². The van der Waals surface area contributed by atoms with E-state index >= 15 is 0 Å². The predicted octanol–water partition coefficient (Wildman–Crippen LogP) is 1.21. The molecule has 112 valence electrons. The van der Waals surface area contributed by atoms with Crippen molar-refractivity contribution in [2.75, 3.05) is 0 Å². The SMILES string of the molecule is CCCC[C@H](NC(=O)NC(C)Cn1ccnc1)C(=O)O. The number of imidazole rings is 1. The molecule has 20 heavy (non-hydrogen) atoms. The average Bonchev–Trinajstić information content (AvgIpc) is 2.86. The largest absolute Gasteiger partial charge is 0.480 e. The minimum Gasteiger partial charge on any atom is -0.480 e. The van der Waals surface area contributed by atoms with Crippen molar-refractivity contribution in [1.29, 1.82) is 0 Å². The average molecular weight is 282 g/mol. The van der Waals surface area contributed by atoms with E-state index in [0.717, 1.165) is 12.8 Å². The van der Waals surface area contributed by atoms with Crippen molar-refractivity contribution in [2.24, 2.45) is 0 Å². The fourth-order valence-electron chi connectivity index (χ4n) is 1.85. The number of carbonyl (C=O) groups excluding carboxylic acids is 1. The lowest BCUT2D eigenvalue weighted by molar-refractivity contribution is -0.139. The normalized spacial score (nSPS) is 13.5. The molecule has 0 saturated heterocycles. The maximum Gasteiger partial charge on any atom is 0.326 e. The highest BCUT2D eigenvalue weighted by molar-refractivity contribution is 5.82. The van der Waals surface area contributed by atoms with E-state index in [1.54, 1.807) is 18.7 Å². The number of urea groups is 1. The summed E-state index contributed by atoms with van der Waals surface area (Å²) in [6, 6.07) is -1.42. The molecule has 0 radical (unpaired) electrons. The molecule has 0 fully saturated rings. The number of aliphatic carboxylic acids is 1. The highest BCUT2D eigenvalue weighted by Crippen LogP contribution is 2.01. The zero-order valence-electron chi connectivity index (χ0n) is 11.9. The standard InChI is InChI=1S/C13H22N4O3/c1-3-4-5-11(12(18)19)16-13(20)15-10(2)8-17-7-6-14-9-17/h6-7,9-11H,3-5,8H2,1-2H3,(H,18,19)(H2,15,16,20)/t10?,11-/m0/s1. The van der Waals surface area contributed by atoms with Gasteiger partial charge in [-0.1, -0.05) is 19.8 Å². The fraction of sp³-hybridized carbons (Fsp3) is 0.615. The van der Waals surface area contributed by atoms with Crippen LogP contribution in [0.1, 0.15) is 33.1 Å². The van der Waals surface area contributed by atoms with Crippen molar-refractivity contribution in [3.63, 3.8) is 0 Å². The van der Waals surface area contributed by atoms with Gasteiger partial charge in [0.25, 0.3) is 0 Å². The number of carboxylic acid groups (broad SMARTS) is 1. The van der Waals surface area contributed by atoms with Crippen molar-refractivity contribution in [1.82, 2.24) is 20.2 Å². The van der Waals surface area contributed by atoms with Gasteiger partial charge in [0.05, 0.1) is 6.33 Å². The van der Waals surface area contributed by atoms with Gasteiger partial charge in [-0.25, -0.2) is 14.6 Å². The van der Waals surface area contributed by atoms with E-state index in [9.17, 15) is 9.59 Å². The van der Waals surface area contributed by atoms with Crippen molar-refractivity contribution in [2.45, 2.75) is 51.7 Å². The van der Waals surface area contributed by atoms with E-state index in [1.807, 2.05) is 18.4 Å². The third kappa shape index (κ3) is 5.73. The predicted molar refractivity (Wildman–Crippen MR) is 74.3 cm³/mol. The third-order valence-electron chi connectivity index (χ3n) is 2.87. The lowest BCUT2D eigenvalue weighted by atomic mass is 10.1. The molecule has 2 atom stereocenters. The number of nitrogens with one attached hydrogen (secondary N) is 2. The molecule has 0 aliphatic carbocycles. The van der Waals surface area contributed by atoms with Crippen molar-refractivity contribution in [3.8, 4) is 0 Å². The number of unbranched alkanes of at least 4 members (excludes halogenated alkanes) is 1. The third-order valence-corrected chi connectivity index (χ3v) is 2.87. The summed E-state index contributed by atoms with van der Waals surface area (Å²) >= 11 is 0. The number of hydrogen-bond acceptors (Lipinski definition) is 3. The first kappa shape index (κ1) is 16.0. The van der Waals surface area contributed by atoms with Crippen molar-refractivity contribution < 1.29 is 14.7 Å². The first-order valence-corrected chi connectivity index (χ1v) is 6.78. The van der Waals surface area contributed by atoms with Crippen LogP contribution in [0.4, 0.5) is 4.79 Å². The molecule has 0 saturated carbocycles. The van der Waals surface area contributed by atoms with Gasteiger partial charge in [-0.3, -0.25) is 0 Å². The zero-order chi connectivity index (χ0) is 15.0. The van der Waals surface area contributed by atoms with Crippen LogP contribution in [0.25, 0.3) is 0 Å². The van der Waals surface area contributed by atoms with Gasteiger partial charge in [-0.05, 0) is 13.3 Å². The maximum absolute atomic E-state index is 11.7. The summed E-state index contributed by atoms with van der Waals surface area (Å²) in [6.45, 7) is 4.41. The molecule has 0 aliphatic rings. The highest BCUT2D eigenvalue weighted by Gasteiger charge is 2.19. The molecule has 7 nitrogen and oxygen atoms in total. The minimum absolute atomic E-state index is 0.121. The van der Waals surface area contributed by atoms with Crippen molar-refractivity contribution in [3.05, 3.63) is 18.7 Å². The number of hydrogen-bond donors (Lipinski definition) is 3. The van der Waals surface area contributed by atoms with Crippen LogP contribution in [-0.2, 0) is 11.3 Å². The lowest BCUT2D eigenvalue weighted by Crippen LogP contribution is -2.49. The van der Waals surface area contributed by atoms with Crippen LogP contribution in [-0.4, -0.2) is 38.7 Å². The Hall–Kier alpha value is -2.05. The second-order valence-corrected chi connectivity index (χ2v) is 4.81. The van der Waals surface area contributed by atoms with E-state index in [0.29, 0.717) is 13.0 Å². The van der Waals surface area contributed by atoms with Crippen LogP contribution in [0.3, 0.4) is 0 Å². The molecular weight excluding hydrogens is 260 g/mol. The first-order chi connectivity index (χ1) is 9.52. The Kier molecular flexibility index (Phi) is 6.55. The van der Waals surface area contributed by atoms with Crippen LogP contribution < -0.4 is 10.6 Å². The number of rotatable bonds is 8. The van der Waals surface area contributed by atoms with Gasteiger partial charge in [0.2, 0.25) is 0 Å². The Morgan fingerprint density at radius 3 is 2.70 bits per heavy atom. The topological polar surface area (TPSA) is 96.3 Å². The summed E-state index contributed by atoms with van der Waals surface area (Å²) in [5.41, 5.74) is 0. The quantitative estimate of drug-likeness (QED) is 0.668. The second-order valence-electron chi connectivity index (χ2n) is 4.81. The molecule has 0 bridgehead atoms. The van der Waals surface area contributed by atoms with Gasteiger partial charge in [-0.2, -0.15) is 0 Å². The van der Waals surface area contributed by atoms with Crippen molar-refractivity contribution >= 4 is 12.0 Å². The minimum atomic E-state index is -1.00. The van der Waals surface area contributed by atoms with Gasteiger partial charge >= 0.3 is 12.0 Å². The number of carbonyl (C=O) groups is 2. The molecule has 0 aliphatic heterocycles. The summed E-state index contributed by atoms with van der Waals surface area (Å²) in [5, 5.41) is 14.2. The Balaban J connectivity index is 2.38. The Labute approximate surface area is 118 Å². The number of nitrogens with zero attached hydrogens (tertiary/aromatic N) is 2. The van der Waals surface area contributed by atoms with Crippen LogP contribution in [0, 0.1) is 0 Å². The van der Waals surface area contributed by atoms with E-state index in [4.69, 9.17) is 5.11 Å². The Morgan fingerprint density at radius 2 is 2.15 bits per heavy atom. The van der Waals surface area contributed by atoms with E-state index in [1.165, 1.54) is 0 Å². The monoisotopic (exact) mass is 282 g/mol. The second kappa shape index (κ2) is 8.19. The lowest BCUT2D eigenvalue weighted by Gasteiger charge is -2.18. The summed E-state index contributed by atoms with van der Waals surface area (Å²) in [6.07, 6.45) is 7.23. The molecule has 3 N–H and O–H groups in total. The van der Waals surface area contributed by atoms with E-state index in [-0.39, 0.29) is 6.04 Å². The van der Waals surface area contributed by atoms with E-state index < -0.39 is 18.0 Å². The highest BCUT2D eigenvalue weighted by atomic mass is 16.4. The number of carboxylic acids is 1. The van der Waals surface area contributed by atoms with Crippen LogP contribution in [0.15, 0.2) is 18.7 Å². The maximum atomic E-state index is 11.7. The Morgan fingerprint density at radius 1 is 1.40 bits per heavy atom. The Bertz CT molecular complexity index is 419. The fourth-order valence-corrected chi connectivity index (χ4v) is 1.85. The molecular formula is C13H22N4O3. The summed E-state index contributed by atoms with van der Waals surface area (Å²) in [7, 11) is 0. The molecule has 1 rings (SSSR count). The summed E-state index contributed by atoms with van der Waals surface area (Å²) in [5.74, 6) is -1.00. The van der Waals surface area contributed by atoms with E-state index in [2.05, 4.69) is 15.6 Å².